The van der Waals surface area contributed by atoms with Crippen LogP contribution in [0, 0.1) is 0 Å². The molecule has 3 nitrogen and oxygen atoms in total. The fourth-order valence-corrected chi connectivity index (χ4v) is 2.80. The molecule has 1 amide bonds. The second-order valence-electron chi connectivity index (χ2n) is 6.29. The first-order valence-corrected chi connectivity index (χ1v) is 8.33. The maximum absolute atomic E-state index is 12.4. The molecule has 0 heterocycles. The van der Waals surface area contributed by atoms with Crippen molar-refractivity contribution in [3.05, 3.63) is 42.0 Å². The van der Waals surface area contributed by atoms with Crippen LogP contribution in [0.5, 0.6) is 5.75 Å². The third-order valence-corrected chi connectivity index (χ3v) is 4.02. The number of rotatable bonds is 5. The van der Waals surface area contributed by atoms with Crippen molar-refractivity contribution in [1.29, 1.82) is 0 Å². The fraction of sp³-hybridized carbons (Fsp3) is 0.526. The zero-order valence-corrected chi connectivity index (χ0v) is 13.6. The first kappa shape index (κ1) is 16.6. The van der Waals surface area contributed by atoms with Crippen molar-refractivity contribution in [2.75, 3.05) is 6.61 Å². The molecule has 0 saturated heterocycles. The second kappa shape index (κ2) is 8.62. The molecular weight excluding hydrogens is 274 g/mol. The van der Waals surface area contributed by atoms with Gasteiger partial charge in [-0.15, -0.1) is 0 Å². The molecule has 1 fully saturated rings. The summed E-state index contributed by atoms with van der Waals surface area (Å²) in [5, 5.41) is 3.18. The van der Waals surface area contributed by atoms with Gasteiger partial charge in [-0.05, 0) is 43.5 Å². The molecule has 1 saturated carbocycles. The van der Waals surface area contributed by atoms with Gasteiger partial charge in [0.15, 0.2) is 0 Å². The van der Waals surface area contributed by atoms with E-state index < -0.39 is 0 Å². The summed E-state index contributed by atoms with van der Waals surface area (Å²) in [4.78, 5) is 12.4. The summed E-state index contributed by atoms with van der Waals surface area (Å²) in [6.45, 7) is 6.22. The summed E-state index contributed by atoms with van der Waals surface area (Å²) in [5.41, 5.74) is 1.63. The molecule has 1 N–H and O–H groups in total. The van der Waals surface area contributed by atoms with E-state index in [9.17, 15) is 4.79 Å². The molecule has 120 valence electrons. The number of carbonyl (C=O) groups is 1. The quantitative estimate of drug-likeness (QED) is 0.814. The Hall–Kier alpha value is -1.77. The van der Waals surface area contributed by atoms with Crippen LogP contribution in [0.1, 0.15) is 62.2 Å². The first-order valence-electron chi connectivity index (χ1n) is 8.33. The van der Waals surface area contributed by atoms with Gasteiger partial charge < -0.3 is 10.1 Å². The van der Waals surface area contributed by atoms with Crippen molar-refractivity contribution in [3.63, 3.8) is 0 Å². The number of carbonyl (C=O) groups excluding carboxylic acids is 1. The highest BCUT2D eigenvalue weighted by Gasteiger charge is 2.15. The van der Waals surface area contributed by atoms with Crippen LogP contribution in [0.25, 0.3) is 0 Å². The van der Waals surface area contributed by atoms with E-state index in [1.165, 1.54) is 32.1 Å². The van der Waals surface area contributed by atoms with Gasteiger partial charge in [-0.1, -0.05) is 44.7 Å². The SMILES string of the molecule is C=C(C)COc1cccc(C(=O)NC2CCCCCCC2)c1. The molecule has 0 aromatic heterocycles. The molecular formula is C19H27NO2. The number of nitrogens with one attached hydrogen (secondary N) is 1. The molecule has 0 unspecified atom stereocenters. The van der Waals surface area contributed by atoms with E-state index >= 15 is 0 Å². The predicted octanol–water partition coefficient (Wildman–Crippen LogP) is 4.48. The van der Waals surface area contributed by atoms with Gasteiger partial charge in [0.05, 0.1) is 0 Å². The van der Waals surface area contributed by atoms with E-state index in [0.717, 1.165) is 18.4 Å². The van der Waals surface area contributed by atoms with Gasteiger partial charge in [0.2, 0.25) is 0 Å². The summed E-state index contributed by atoms with van der Waals surface area (Å²) in [5.74, 6) is 0.722. The van der Waals surface area contributed by atoms with E-state index in [0.29, 0.717) is 24.0 Å². The van der Waals surface area contributed by atoms with Crippen molar-refractivity contribution in [2.45, 2.75) is 57.9 Å². The normalized spacial score (nSPS) is 16.4. The first-order chi connectivity index (χ1) is 10.6. The maximum atomic E-state index is 12.4. The lowest BCUT2D eigenvalue weighted by atomic mass is 9.96. The summed E-state index contributed by atoms with van der Waals surface area (Å²) in [6, 6.07) is 7.69. The van der Waals surface area contributed by atoms with Gasteiger partial charge >= 0.3 is 0 Å². The van der Waals surface area contributed by atoms with E-state index in [2.05, 4.69) is 11.9 Å². The third-order valence-electron chi connectivity index (χ3n) is 4.02. The summed E-state index contributed by atoms with van der Waals surface area (Å²) >= 11 is 0. The van der Waals surface area contributed by atoms with E-state index in [4.69, 9.17) is 4.74 Å². The smallest absolute Gasteiger partial charge is 0.251 e. The number of amides is 1. The second-order valence-corrected chi connectivity index (χ2v) is 6.29. The Morgan fingerprint density at radius 3 is 2.59 bits per heavy atom. The molecule has 0 aliphatic heterocycles. The van der Waals surface area contributed by atoms with Crippen molar-refractivity contribution >= 4 is 5.91 Å². The Balaban J connectivity index is 1.93. The minimum atomic E-state index is 0.00588. The Labute approximate surface area is 133 Å². The van der Waals surface area contributed by atoms with Gasteiger partial charge in [-0.3, -0.25) is 4.79 Å². The lowest BCUT2D eigenvalue weighted by Crippen LogP contribution is -2.35. The Morgan fingerprint density at radius 2 is 1.91 bits per heavy atom. The molecule has 1 aliphatic carbocycles. The zero-order chi connectivity index (χ0) is 15.8. The topological polar surface area (TPSA) is 38.3 Å². The third kappa shape index (κ3) is 5.55. The summed E-state index contributed by atoms with van der Waals surface area (Å²) in [7, 11) is 0. The average Bonchev–Trinajstić information content (AvgIpc) is 2.48. The number of benzene rings is 1. The van der Waals surface area contributed by atoms with Gasteiger partial charge in [-0.2, -0.15) is 0 Å². The van der Waals surface area contributed by atoms with Crippen molar-refractivity contribution < 1.29 is 9.53 Å². The molecule has 0 radical (unpaired) electrons. The van der Waals surface area contributed by atoms with Crippen LogP contribution in [-0.2, 0) is 0 Å². The van der Waals surface area contributed by atoms with Gasteiger partial charge in [0.1, 0.15) is 12.4 Å². The summed E-state index contributed by atoms with van der Waals surface area (Å²) < 4.78 is 5.61. The Bertz CT molecular complexity index is 502. The van der Waals surface area contributed by atoms with Crippen LogP contribution < -0.4 is 10.1 Å². The number of ether oxygens (including phenoxy) is 1. The van der Waals surface area contributed by atoms with Crippen LogP contribution >= 0.6 is 0 Å². The zero-order valence-electron chi connectivity index (χ0n) is 13.6. The Kier molecular flexibility index (Phi) is 6.50. The minimum Gasteiger partial charge on any atom is -0.489 e. The molecule has 22 heavy (non-hydrogen) atoms. The van der Waals surface area contributed by atoms with Crippen molar-refractivity contribution in [3.8, 4) is 5.75 Å². The number of hydrogen-bond donors (Lipinski definition) is 1. The maximum Gasteiger partial charge on any atom is 0.251 e. The molecule has 0 bridgehead atoms. The number of hydrogen-bond acceptors (Lipinski definition) is 2. The highest BCUT2D eigenvalue weighted by atomic mass is 16.5. The lowest BCUT2D eigenvalue weighted by Gasteiger charge is -2.21. The van der Waals surface area contributed by atoms with Crippen LogP contribution in [0.3, 0.4) is 0 Å². The van der Waals surface area contributed by atoms with E-state index in [1.54, 1.807) is 6.07 Å². The Morgan fingerprint density at radius 1 is 1.23 bits per heavy atom. The molecule has 2 rings (SSSR count). The van der Waals surface area contributed by atoms with Crippen LogP contribution in [0.4, 0.5) is 0 Å². The molecule has 1 aliphatic rings. The van der Waals surface area contributed by atoms with Gasteiger partial charge in [0.25, 0.3) is 5.91 Å². The average molecular weight is 301 g/mol. The monoisotopic (exact) mass is 301 g/mol. The molecule has 1 aromatic rings. The molecule has 1 aromatic carbocycles. The summed E-state index contributed by atoms with van der Waals surface area (Å²) in [6.07, 6.45) is 8.53. The lowest BCUT2D eigenvalue weighted by molar-refractivity contribution is 0.0930. The standard InChI is InChI=1S/C19H27NO2/c1-15(2)14-22-18-12-8-9-16(13-18)19(21)20-17-10-6-4-3-5-7-11-17/h8-9,12-13,17H,1,3-7,10-11,14H2,2H3,(H,20,21). The fourth-order valence-electron chi connectivity index (χ4n) is 2.80. The molecule has 0 atom stereocenters. The molecule has 0 spiro atoms. The van der Waals surface area contributed by atoms with Crippen molar-refractivity contribution in [1.82, 2.24) is 5.32 Å². The van der Waals surface area contributed by atoms with E-state index in [-0.39, 0.29) is 5.91 Å². The van der Waals surface area contributed by atoms with Crippen molar-refractivity contribution in [2.24, 2.45) is 0 Å². The largest absolute Gasteiger partial charge is 0.489 e. The minimum absolute atomic E-state index is 0.00588. The predicted molar refractivity (Wildman–Crippen MR) is 90.3 cm³/mol. The van der Waals surface area contributed by atoms with Crippen LogP contribution in [0.15, 0.2) is 36.4 Å². The van der Waals surface area contributed by atoms with E-state index in [1.807, 2.05) is 25.1 Å². The van der Waals surface area contributed by atoms with Gasteiger partial charge in [0, 0.05) is 11.6 Å². The van der Waals surface area contributed by atoms with Crippen LogP contribution in [-0.4, -0.2) is 18.6 Å². The van der Waals surface area contributed by atoms with Gasteiger partial charge in [-0.25, -0.2) is 0 Å². The highest BCUT2D eigenvalue weighted by Crippen LogP contribution is 2.18. The highest BCUT2D eigenvalue weighted by molar-refractivity contribution is 5.94. The van der Waals surface area contributed by atoms with Crippen LogP contribution in [0.2, 0.25) is 0 Å². The molecule has 3 heteroatoms.